The maximum absolute atomic E-state index is 11.7. The van der Waals surface area contributed by atoms with Gasteiger partial charge in [0, 0.05) is 12.6 Å². The molecule has 2 aliphatic rings. The van der Waals surface area contributed by atoms with Crippen LogP contribution >= 0.6 is 0 Å². The molecular weight excluding hydrogens is 396 g/mol. The molecule has 3 rings (SSSR count). The van der Waals surface area contributed by atoms with E-state index in [9.17, 15) is 9.90 Å². The number of hydrogen-bond donors (Lipinski definition) is 1. The molecule has 1 aliphatic heterocycles. The molecule has 1 aliphatic carbocycles. The van der Waals surface area contributed by atoms with Crippen molar-refractivity contribution in [1.82, 2.24) is 9.80 Å². The summed E-state index contributed by atoms with van der Waals surface area (Å²) in [5.74, 6) is 0.929. The third kappa shape index (κ3) is 5.90. The van der Waals surface area contributed by atoms with Crippen LogP contribution in [-0.4, -0.2) is 87.1 Å². The van der Waals surface area contributed by atoms with E-state index in [1.165, 1.54) is 18.4 Å². The van der Waals surface area contributed by atoms with Crippen LogP contribution in [0.25, 0.3) is 0 Å². The lowest BCUT2D eigenvalue weighted by atomic mass is 9.91. The van der Waals surface area contributed by atoms with Crippen LogP contribution in [0.1, 0.15) is 37.7 Å². The van der Waals surface area contributed by atoms with Gasteiger partial charge < -0.3 is 19.3 Å². The molecule has 2 fully saturated rings. The molecule has 174 valence electrons. The first-order valence-corrected chi connectivity index (χ1v) is 11.4. The number of likely N-dealkylation sites (tertiary alicyclic amines) is 1. The van der Waals surface area contributed by atoms with E-state index >= 15 is 0 Å². The zero-order valence-corrected chi connectivity index (χ0v) is 19.4. The molecule has 1 aromatic rings. The lowest BCUT2D eigenvalue weighted by Gasteiger charge is -2.38. The summed E-state index contributed by atoms with van der Waals surface area (Å²) in [6.07, 6.45) is 6.61. The highest BCUT2D eigenvalue weighted by molar-refractivity contribution is 5.74. The van der Waals surface area contributed by atoms with E-state index in [4.69, 9.17) is 14.2 Å². The summed E-state index contributed by atoms with van der Waals surface area (Å²) in [4.78, 5) is 16.1. The van der Waals surface area contributed by atoms with Gasteiger partial charge in [-0.15, -0.1) is 0 Å². The molecular formula is C24H38N2O5. The van der Waals surface area contributed by atoms with Gasteiger partial charge in [0.1, 0.15) is 6.04 Å². The van der Waals surface area contributed by atoms with E-state index in [2.05, 4.69) is 11.0 Å². The van der Waals surface area contributed by atoms with Gasteiger partial charge in [-0.05, 0) is 69.9 Å². The zero-order valence-electron chi connectivity index (χ0n) is 19.4. The number of aliphatic carboxylic acids is 1. The van der Waals surface area contributed by atoms with Crippen LogP contribution in [0.5, 0.6) is 11.5 Å². The van der Waals surface area contributed by atoms with Crippen LogP contribution in [0.3, 0.4) is 0 Å². The maximum Gasteiger partial charge on any atom is 0.321 e. The molecule has 0 spiro atoms. The van der Waals surface area contributed by atoms with Gasteiger partial charge in [0.15, 0.2) is 11.5 Å². The Labute approximate surface area is 186 Å². The molecule has 1 heterocycles. The van der Waals surface area contributed by atoms with Crippen molar-refractivity contribution in [3.05, 3.63) is 23.8 Å². The fourth-order valence-corrected chi connectivity index (χ4v) is 5.27. The molecule has 7 nitrogen and oxygen atoms in total. The first-order chi connectivity index (χ1) is 14.9. The number of rotatable bonds is 10. The van der Waals surface area contributed by atoms with E-state index in [1.807, 2.05) is 31.1 Å². The van der Waals surface area contributed by atoms with Crippen molar-refractivity contribution in [2.24, 2.45) is 5.92 Å². The van der Waals surface area contributed by atoms with E-state index in [0.717, 1.165) is 50.3 Å². The molecule has 1 saturated heterocycles. The van der Waals surface area contributed by atoms with E-state index in [-0.39, 0.29) is 12.0 Å². The highest BCUT2D eigenvalue weighted by atomic mass is 16.5. The molecule has 1 N–H and O–H groups in total. The Balaban J connectivity index is 1.56. The minimum absolute atomic E-state index is 0.168. The predicted octanol–water partition coefficient (Wildman–Crippen LogP) is 2.91. The van der Waals surface area contributed by atoms with Crippen molar-refractivity contribution in [2.75, 3.05) is 48.0 Å². The Morgan fingerprint density at radius 3 is 2.58 bits per heavy atom. The van der Waals surface area contributed by atoms with Crippen LogP contribution in [0.2, 0.25) is 0 Å². The summed E-state index contributed by atoms with van der Waals surface area (Å²) < 4.78 is 17.1. The summed E-state index contributed by atoms with van der Waals surface area (Å²) >= 11 is 0. The molecule has 31 heavy (non-hydrogen) atoms. The molecule has 2 unspecified atom stereocenters. The highest BCUT2D eigenvalue weighted by Gasteiger charge is 2.40. The number of methoxy groups -OCH3 is 2. The second-order valence-corrected chi connectivity index (χ2v) is 8.99. The molecule has 1 saturated carbocycles. The number of carboxylic acids is 1. The van der Waals surface area contributed by atoms with Crippen molar-refractivity contribution < 1.29 is 24.1 Å². The molecule has 0 radical (unpaired) electrons. The second kappa shape index (κ2) is 11.2. The van der Waals surface area contributed by atoms with E-state index in [1.54, 1.807) is 14.2 Å². The van der Waals surface area contributed by atoms with Crippen molar-refractivity contribution in [3.8, 4) is 11.5 Å². The molecule has 0 amide bonds. The fraction of sp³-hybridized carbons (Fsp3) is 0.708. The lowest BCUT2D eigenvalue weighted by molar-refractivity contribution is -0.144. The highest BCUT2D eigenvalue weighted by Crippen LogP contribution is 2.32. The normalized spacial score (nSPS) is 25.5. The average molecular weight is 435 g/mol. The van der Waals surface area contributed by atoms with Crippen molar-refractivity contribution in [1.29, 1.82) is 0 Å². The Kier molecular flexibility index (Phi) is 8.58. The van der Waals surface area contributed by atoms with Crippen LogP contribution < -0.4 is 9.47 Å². The van der Waals surface area contributed by atoms with Gasteiger partial charge in [-0.1, -0.05) is 18.9 Å². The average Bonchev–Trinajstić information content (AvgIpc) is 3.22. The van der Waals surface area contributed by atoms with Gasteiger partial charge in [0.2, 0.25) is 0 Å². The molecule has 1 aromatic carbocycles. The van der Waals surface area contributed by atoms with Gasteiger partial charge in [0.05, 0.1) is 26.9 Å². The molecule has 7 heteroatoms. The quantitative estimate of drug-likeness (QED) is 0.607. The van der Waals surface area contributed by atoms with Crippen molar-refractivity contribution in [3.63, 3.8) is 0 Å². The number of nitrogens with zero attached hydrogens (tertiary/aromatic N) is 2. The number of carboxylic acid groups (broad SMARTS) is 1. The van der Waals surface area contributed by atoms with Gasteiger partial charge in [-0.25, -0.2) is 0 Å². The largest absolute Gasteiger partial charge is 0.493 e. The topological polar surface area (TPSA) is 71.5 Å². The Morgan fingerprint density at radius 2 is 1.90 bits per heavy atom. The minimum Gasteiger partial charge on any atom is -0.493 e. The first kappa shape index (κ1) is 23.8. The van der Waals surface area contributed by atoms with E-state index < -0.39 is 12.0 Å². The number of benzene rings is 1. The fourth-order valence-electron chi connectivity index (χ4n) is 5.27. The van der Waals surface area contributed by atoms with Gasteiger partial charge in [0.25, 0.3) is 0 Å². The molecule has 0 aromatic heterocycles. The lowest BCUT2D eigenvalue weighted by Crippen LogP contribution is -2.48. The van der Waals surface area contributed by atoms with Crippen LogP contribution in [0.4, 0.5) is 0 Å². The summed E-state index contributed by atoms with van der Waals surface area (Å²) in [5.41, 5.74) is 1.17. The maximum atomic E-state index is 11.7. The van der Waals surface area contributed by atoms with Crippen molar-refractivity contribution in [2.45, 2.75) is 56.7 Å². The SMILES string of the molecule is COc1ccc(CCO[C@H]2CCCC[C@H]2N2CCC(C(C(=O)O)N(C)C)C2)cc1OC. The Hall–Kier alpha value is -1.83. The molecule has 0 bridgehead atoms. The second-order valence-electron chi connectivity index (χ2n) is 8.99. The van der Waals surface area contributed by atoms with Crippen LogP contribution in [0, 0.1) is 5.92 Å². The van der Waals surface area contributed by atoms with Crippen molar-refractivity contribution >= 4 is 5.97 Å². The summed E-state index contributed by atoms with van der Waals surface area (Å²) in [6, 6.07) is 5.98. The Morgan fingerprint density at radius 1 is 1.16 bits per heavy atom. The van der Waals surface area contributed by atoms with Gasteiger partial charge >= 0.3 is 5.97 Å². The number of hydrogen-bond acceptors (Lipinski definition) is 6. The standard InChI is InChI=1S/C24H38N2O5/c1-25(2)23(24(27)28)18-11-13-26(16-18)19-7-5-6-8-20(19)31-14-12-17-9-10-21(29-3)22(15-17)30-4/h9-10,15,18-20,23H,5-8,11-14,16H2,1-4H3,(H,27,28)/t18?,19-,20+,23?/m1/s1. The summed E-state index contributed by atoms with van der Waals surface area (Å²) in [5, 5.41) is 9.65. The zero-order chi connectivity index (χ0) is 22.4. The van der Waals surface area contributed by atoms with E-state index in [0.29, 0.717) is 12.6 Å². The first-order valence-electron chi connectivity index (χ1n) is 11.4. The third-order valence-corrected chi connectivity index (χ3v) is 6.82. The third-order valence-electron chi connectivity index (χ3n) is 6.82. The van der Waals surface area contributed by atoms with Crippen LogP contribution in [0.15, 0.2) is 18.2 Å². The smallest absolute Gasteiger partial charge is 0.321 e. The van der Waals surface area contributed by atoms with Gasteiger partial charge in [-0.2, -0.15) is 0 Å². The summed E-state index contributed by atoms with van der Waals surface area (Å²) in [7, 11) is 7.02. The summed E-state index contributed by atoms with van der Waals surface area (Å²) in [6.45, 7) is 2.47. The minimum atomic E-state index is -0.719. The number of ether oxygens (including phenoxy) is 3. The van der Waals surface area contributed by atoms with Gasteiger partial charge in [-0.3, -0.25) is 14.6 Å². The predicted molar refractivity (Wildman–Crippen MR) is 120 cm³/mol. The van der Waals surface area contributed by atoms with Crippen LogP contribution in [-0.2, 0) is 16.0 Å². The molecule has 4 atom stereocenters. The number of likely N-dealkylation sites (N-methyl/N-ethyl adjacent to an activating group) is 1. The number of carbonyl (C=O) groups is 1. The Bertz CT molecular complexity index is 726. The monoisotopic (exact) mass is 434 g/mol.